The SMILES string of the molecule is Cl.O=C(N[C@H]1CCCNC1)c1cccc(NC(=O)C2Cc3ccccc3O2)c1. The van der Waals surface area contributed by atoms with Crippen molar-refractivity contribution >= 4 is 29.9 Å². The van der Waals surface area contributed by atoms with E-state index in [2.05, 4.69) is 16.0 Å². The Balaban J connectivity index is 0.00000225. The number of anilines is 1. The number of hydrogen-bond donors (Lipinski definition) is 3. The highest BCUT2D eigenvalue weighted by atomic mass is 35.5. The number of halogens is 1. The minimum Gasteiger partial charge on any atom is -0.480 e. The molecule has 2 aromatic rings. The molecule has 1 unspecified atom stereocenters. The molecule has 148 valence electrons. The van der Waals surface area contributed by atoms with Crippen molar-refractivity contribution in [3.8, 4) is 5.75 Å². The molecule has 0 aliphatic carbocycles. The van der Waals surface area contributed by atoms with E-state index in [1.165, 1.54) is 0 Å². The highest BCUT2D eigenvalue weighted by Gasteiger charge is 2.28. The van der Waals surface area contributed by atoms with Gasteiger partial charge in [-0.25, -0.2) is 0 Å². The molecule has 0 saturated carbocycles. The summed E-state index contributed by atoms with van der Waals surface area (Å²) in [7, 11) is 0. The number of fused-ring (bicyclic) bond motifs is 1. The molecule has 2 aliphatic heterocycles. The first-order valence-corrected chi connectivity index (χ1v) is 9.36. The van der Waals surface area contributed by atoms with Gasteiger partial charge in [0.1, 0.15) is 5.75 Å². The molecule has 2 aliphatic rings. The van der Waals surface area contributed by atoms with Crippen molar-refractivity contribution in [1.29, 1.82) is 0 Å². The Morgan fingerprint density at radius 2 is 1.96 bits per heavy atom. The van der Waals surface area contributed by atoms with E-state index in [9.17, 15) is 9.59 Å². The summed E-state index contributed by atoms with van der Waals surface area (Å²) in [6.07, 6.45) is 2.05. The van der Waals surface area contributed by atoms with Gasteiger partial charge >= 0.3 is 0 Å². The Morgan fingerprint density at radius 3 is 2.75 bits per heavy atom. The molecule has 0 bridgehead atoms. The van der Waals surface area contributed by atoms with Crippen LogP contribution >= 0.6 is 12.4 Å². The maximum atomic E-state index is 12.5. The number of piperidine rings is 1. The number of carbonyl (C=O) groups excluding carboxylic acids is 2. The van der Waals surface area contributed by atoms with Crippen LogP contribution in [-0.4, -0.2) is 37.0 Å². The van der Waals surface area contributed by atoms with Crippen molar-refractivity contribution in [3.05, 3.63) is 59.7 Å². The van der Waals surface area contributed by atoms with Crippen LogP contribution in [0.15, 0.2) is 48.5 Å². The molecule has 2 heterocycles. The lowest BCUT2D eigenvalue weighted by Crippen LogP contribution is -2.45. The molecule has 0 spiro atoms. The van der Waals surface area contributed by atoms with Gasteiger partial charge in [0, 0.05) is 30.3 Å². The van der Waals surface area contributed by atoms with Crippen LogP contribution < -0.4 is 20.7 Å². The lowest BCUT2D eigenvalue weighted by molar-refractivity contribution is -0.122. The van der Waals surface area contributed by atoms with Crippen LogP contribution in [0.25, 0.3) is 0 Å². The van der Waals surface area contributed by atoms with Crippen molar-refractivity contribution < 1.29 is 14.3 Å². The Labute approximate surface area is 170 Å². The van der Waals surface area contributed by atoms with Crippen LogP contribution in [0.2, 0.25) is 0 Å². The highest BCUT2D eigenvalue weighted by Crippen LogP contribution is 2.28. The Morgan fingerprint density at radius 1 is 1.11 bits per heavy atom. The zero-order valence-corrected chi connectivity index (χ0v) is 16.3. The zero-order chi connectivity index (χ0) is 18.6. The fourth-order valence-corrected chi connectivity index (χ4v) is 3.53. The van der Waals surface area contributed by atoms with E-state index < -0.39 is 6.10 Å². The summed E-state index contributed by atoms with van der Waals surface area (Å²) in [6, 6.07) is 14.8. The van der Waals surface area contributed by atoms with Crippen LogP contribution in [0.3, 0.4) is 0 Å². The summed E-state index contributed by atoms with van der Waals surface area (Å²) in [5.74, 6) is 0.427. The first kappa shape index (κ1) is 20.2. The number of benzene rings is 2. The van der Waals surface area contributed by atoms with Gasteiger partial charge in [-0.2, -0.15) is 0 Å². The number of hydrogen-bond acceptors (Lipinski definition) is 4. The van der Waals surface area contributed by atoms with E-state index >= 15 is 0 Å². The molecule has 2 atom stereocenters. The molecular weight excluding hydrogens is 378 g/mol. The summed E-state index contributed by atoms with van der Waals surface area (Å²) in [4.78, 5) is 25.0. The maximum Gasteiger partial charge on any atom is 0.265 e. The molecule has 2 aromatic carbocycles. The number of ether oxygens (including phenoxy) is 1. The van der Waals surface area contributed by atoms with Gasteiger partial charge in [-0.3, -0.25) is 9.59 Å². The van der Waals surface area contributed by atoms with E-state index in [1.807, 2.05) is 24.3 Å². The molecule has 0 aromatic heterocycles. The van der Waals surface area contributed by atoms with Crippen molar-refractivity contribution in [2.75, 3.05) is 18.4 Å². The summed E-state index contributed by atoms with van der Waals surface area (Å²) in [5.41, 5.74) is 2.16. The van der Waals surface area contributed by atoms with E-state index in [1.54, 1.807) is 24.3 Å². The van der Waals surface area contributed by atoms with Gasteiger partial charge in [-0.15, -0.1) is 12.4 Å². The second-order valence-corrected chi connectivity index (χ2v) is 7.01. The largest absolute Gasteiger partial charge is 0.480 e. The summed E-state index contributed by atoms with van der Waals surface area (Å²) < 4.78 is 5.72. The standard InChI is InChI=1S/C21H23N3O3.ClH/c25-20(24-17-8-4-10-22-13-17)15-6-3-7-16(11-15)23-21(26)19-12-14-5-1-2-9-18(14)27-19;/h1-3,5-7,9,11,17,19,22H,4,8,10,12-13H2,(H,23,26)(H,24,25);1H/t17-,19?;/m0./s1. The smallest absolute Gasteiger partial charge is 0.265 e. The van der Waals surface area contributed by atoms with E-state index in [0.29, 0.717) is 17.7 Å². The predicted molar refractivity (Wildman–Crippen MR) is 110 cm³/mol. The predicted octanol–water partition coefficient (Wildman–Crippen LogP) is 2.53. The minimum atomic E-state index is -0.548. The molecule has 0 radical (unpaired) electrons. The number of nitrogens with one attached hydrogen (secondary N) is 3. The van der Waals surface area contributed by atoms with Gasteiger partial charge in [-0.05, 0) is 49.2 Å². The number of amides is 2. The average molecular weight is 402 g/mol. The zero-order valence-electron chi connectivity index (χ0n) is 15.4. The van der Waals surface area contributed by atoms with Crippen molar-refractivity contribution in [1.82, 2.24) is 10.6 Å². The van der Waals surface area contributed by atoms with Crippen LogP contribution in [0.4, 0.5) is 5.69 Å². The summed E-state index contributed by atoms with van der Waals surface area (Å²) >= 11 is 0. The molecule has 1 saturated heterocycles. The van der Waals surface area contributed by atoms with Gasteiger partial charge < -0.3 is 20.7 Å². The van der Waals surface area contributed by atoms with Crippen molar-refractivity contribution in [3.63, 3.8) is 0 Å². The van der Waals surface area contributed by atoms with Gasteiger partial charge in [0.05, 0.1) is 0 Å². The van der Waals surface area contributed by atoms with Crippen LogP contribution in [0.5, 0.6) is 5.75 Å². The highest BCUT2D eigenvalue weighted by molar-refractivity contribution is 5.98. The third kappa shape index (κ3) is 4.64. The lowest BCUT2D eigenvalue weighted by atomic mass is 10.1. The Hall–Kier alpha value is -2.57. The first-order valence-electron chi connectivity index (χ1n) is 9.36. The van der Waals surface area contributed by atoms with Crippen molar-refractivity contribution in [2.24, 2.45) is 0 Å². The maximum absolute atomic E-state index is 12.5. The first-order chi connectivity index (χ1) is 13.2. The normalized spacial score (nSPS) is 20.3. The van der Waals surface area contributed by atoms with E-state index in [-0.39, 0.29) is 30.3 Å². The van der Waals surface area contributed by atoms with Gasteiger partial charge in [-0.1, -0.05) is 24.3 Å². The Bertz CT molecular complexity index is 827. The van der Waals surface area contributed by atoms with Gasteiger partial charge in [0.25, 0.3) is 11.8 Å². The number of para-hydroxylation sites is 1. The number of rotatable bonds is 4. The van der Waals surface area contributed by atoms with Crippen LogP contribution in [0.1, 0.15) is 28.8 Å². The molecule has 6 nitrogen and oxygen atoms in total. The minimum absolute atomic E-state index is 0. The molecule has 7 heteroatoms. The van der Waals surface area contributed by atoms with E-state index in [0.717, 1.165) is 37.2 Å². The Kier molecular flexibility index (Phi) is 6.54. The fourth-order valence-electron chi connectivity index (χ4n) is 3.53. The molecule has 1 fully saturated rings. The van der Waals surface area contributed by atoms with Crippen molar-refractivity contribution in [2.45, 2.75) is 31.4 Å². The summed E-state index contributed by atoms with van der Waals surface area (Å²) in [5, 5.41) is 9.19. The van der Waals surface area contributed by atoms with Gasteiger partial charge in [0.15, 0.2) is 6.10 Å². The second kappa shape index (κ2) is 9.08. The molecule has 4 rings (SSSR count). The molecule has 3 N–H and O–H groups in total. The van der Waals surface area contributed by atoms with E-state index in [4.69, 9.17) is 4.74 Å². The fraction of sp³-hybridized carbons (Fsp3) is 0.333. The lowest BCUT2D eigenvalue weighted by Gasteiger charge is -2.23. The van der Waals surface area contributed by atoms with Crippen LogP contribution in [0, 0.1) is 0 Å². The molecule has 28 heavy (non-hydrogen) atoms. The van der Waals surface area contributed by atoms with Crippen LogP contribution in [-0.2, 0) is 11.2 Å². The number of carbonyl (C=O) groups is 2. The average Bonchev–Trinajstić information content (AvgIpc) is 3.13. The quantitative estimate of drug-likeness (QED) is 0.735. The molecule has 2 amide bonds. The van der Waals surface area contributed by atoms with Gasteiger partial charge in [0.2, 0.25) is 0 Å². The third-order valence-corrected chi connectivity index (χ3v) is 4.96. The monoisotopic (exact) mass is 401 g/mol. The topological polar surface area (TPSA) is 79.5 Å². The summed E-state index contributed by atoms with van der Waals surface area (Å²) in [6.45, 7) is 1.79. The third-order valence-electron chi connectivity index (χ3n) is 4.96. The molecular formula is C21H24ClN3O3. The second-order valence-electron chi connectivity index (χ2n) is 7.01.